The number of halogens is 3. The maximum Gasteiger partial charge on any atom is 0.419 e. The molecular formula is C9H5F3N2O2. The number of carboxylic acids is 1. The van der Waals surface area contributed by atoms with Crippen LogP contribution in [0.3, 0.4) is 0 Å². The second kappa shape index (κ2) is 4.16. The standard InChI is InChI=1S/C9H5F3N2O2/c10-9(11,12)6-3-1-5(2-4-6)7(14-13)8(15)16/h1-4H,(H,15,16). The Bertz CT molecular complexity index is 459. The summed E-state index contributed by atoms with van der Waals surface area (Å²) in [5, 5.41) is 8.54. The molecule has 0 aliphatic carbocycles. The molecule has 1 rings (SSSR count). The predicted octanol–water partition coefficient (Wildman–Crippen LogP) is 1.81. The van der Waals surface area contributed by atoms with Gasteiger partial charge < -0.3 is 10.6 Å². The number of benzene rings is 1. The highest BCUT2D eigenvalue weighted by Gasteiger charge is 2.31. The van der Waals surface area contributed by atoms with E-state index >= 15 is 0 Å². The van der Waals surface area contributed by atoms with Crippen LogP contribution in [0.15, 0.2) is 24.3 Å². The van der Waals surface area contributed by atoms with Crippen LogP contribution in [-0.2, 0) is 11.0 Å². The van der Waals surface area contributed by atoms with E-state index in [2.05, 4.69) is 4.79 Å². The molecule has 0 unspecified atom stereocenters. The molecule has 1 aromatic rings. The highest BCUT2D eigenvalue weighted by atomic mass is 19.4. The maximum absolute atomic E-state index is 12.2. The van der Waals surface area contributed by atoms with Crippen molar-refractivity contribution < 1.29 is 27.9 Å². The van der Waals surface area contributed by atoms with Gasteiger partial charge in [0.1, 0.15) is 0 Å². The Morgan fingerprint density at radius 2 is 1.75 bits per heavy atom. The molecule has 16 heavy (non-hydrogen) atoms. The minimum absolute atomic E-state index is 0.108. The molecule has 1 N–H and O–H groups in total. The fourth-order valence-electron chi connectivity index (χ4n) is 1.04. The summed E-state index contributed by atoms with van der Waals surface area (Å²) in [4.78, 5) is 13.0. The molecule has 7 heteroatoms. The van der Waals surface area contributed by atoms with Crippen LogP contribution < -0.4 is 0 Å². The number of nitrogens with zero attached hydrogens (tertiary/aromatic N) is 2. The Balaban J connectivity index is 3.14. The second-order valence-corrected chi connectivity index (χ2v) is 2.83. The average molecular weight is 230 g/mol. The molecule has 0 aliphatic rings. The highest BCUT2D eigenvalue weighted by Crippen LogP contribution is 2.29. The second-order valence-electron chi connectivity index (χ2n) is 2.83. The largest absolute Gasteiger partial charge is 0.472 e. The van der Waals surface area contributed by atoms with E-state index in [-0.39, 0.29) is 5.56 Å². The van der Waals surface area contributed by atoms with E-state index in [0.29, 0.717) is 12.1 Å². The van der Waals surface area contributed by atoms with Crippen molar-refractivity contribution >= 4 is 11.7 Å². The summed E-state index contributed by atoms with van der Waals surface area (Å²) < 4.78 is 36.5. The summed E-state index contributed by atoms with van der Waals surface area (Å²) in [5.41, 5.74) is 6.64. The van der Waals surface area contributed by atoms with Gasteiger partial charge in [-0.2, -0.15) is 18.0 Å². The predicted molar refractivity (Wildman–Crippen MR) is 46.8 cm³/mol. The molecule has 0 fully saturated rings. The minimum Gasteiger partial charge on any atom is -0.472 e. The first-order chi connectivity index (χ1) is 7.36. The lowest BCUT2D eigenvalue weighted by atomic mass is 10.1. The van der Waals surface area contributed by atoms with Crippen LogP contribution in [0.25, 0.3) is 5.53 Å². The van der Waals surface area contributed by atoms with Crippen molar-refractivity contribution in [3.63, 3.8) is 0 Å². The smallest absolute Gasteiger partial charge is 0.419 e. The Morgan fingerprint density at radius 1 is 1.25 bits per heavy atom. The van der Waals surface area contributed by atoms with Crippen molar-refractivity contribution in [1.82, 2.24) is 0 Å². The monoisotopic (exact) mass is 230 g/mol. The van der Waals surface area contributed by atoms with Crippen LogP contribution in [0.5, 0.6) is 0 Å². The van der Waals surface area contributed by atoms with Crippen LogP contribution in [-0.4, -0.2) is 21.6 Å². The molecule has 1 aromatic carbocycles. The zero-order valence-corrected chi connectivity index (χ0v) is 7.69. The Hall–Kier alpha value is -2.14. The number of carbonyl (C=O) groups is 1. The molecule has 0 saturated carbocycles. The van der Waals surface area contributed by atoms with Gasteiger partial charge in [0.2, 0.25) is 0 Å². The molecule has 0 amide bonds. The van der Waals surface area contributed by atoms with Gasteiger partial charge >= 0.3 is 17.9 Å². The zero-order chi connectivity index (χ0) is 12.3. The first-order valence-corrected chi connectivity index (χ1v) is 3.99. The van der Waals surface area contributed by atoms with Gasteiger partial charge in [-0.05, 0) is 24.3 Å². The van der Waals surface area contributed by atoms with Gasteiger partial charge in [0.25, 0.3) is 0 Å². The van der Waals surface area contributed by atoms with Crippen LogP contribution in [0.4, 0.5) is 13.2 Å². The summed E-state index contributed by atoms with van der Waals surface area (Å²) >= 11 is 0. The number of rotatable bonds is 2. The van der Waals surface area contributed by atoms with Gasteiger partial charge in [-0.3, -0.25) is 0 Å². The van der Waals surface area contributed by atoms with Gasteiger partial charge in [0, 0.05) is 0 Å². The fraction of sp³-hybridized carbons (Fsp3) is 0.111. The Labute approximate surface area is 87.6 Å². The number of carboxylic acid groups (broad SMARTS) is 1. The first-order valence-electron chi connectivity index (χ1n) is 3.99. The molecule has 84 valence electrons. The molecule has 0 aliphatic heterocycles. The zero-order valence-electron chi connectivity index (χ0n) is 7.69. The number of hydrogen-bond acceptors (Lipinski definition) is 1. The fourth-order valence-corrected chi connectivity index (χ4v) is 1.04. The van der Waals surface area contributed by atoms with E-state index in [1.807, 2.05) is 0 Å². The van der Waals surface area contributed by atoms with Gasteiger partial charge in [0.15, 0.2) is 0 Å². The molecule has 0 spiro atoms. The molecular weight excluding hydrogens is 225 g/mol. The minimum atomic E-state index is -4.49. The molecule has 0 bridgehead atoms. The molecule has 0 heterocycles. The van der Waals surface area contributed by atoms with Crippen LogP contribution in [0.2, 0.25) is 0 Å². The van der Waals surface area contributed by atoms with E-state index in [1.54, 1.807) is 0 Å². The number of alkyl halides is 3. The molecule has 0 radical (unpaired) electrons. The van der Waals surface area contributed by atoms with E-state index < -0.39 is 23.4 Å². The highest BCUT2D eigenvalue weighted by molar-refractivity contribution is 6.39. The van der Waals surface area contributed by atoms with Crippen molar-refractivity contribution in [3.05, 3.63) is 40.9 Å². The van der Waals surface area contributed by atoms with Gasteiger partial charge in [-0.1, -0.05) is 0 Å². The Morgan fingerprint density at radius 3 is 2.06 bits per heavy atom. The SMILES string of the molecule is [N-]=[N+]=C(C(=O)O)c1ccc(C(F)(F)F)cc1. The van der Waals surface area contributed by atoms with Crippen molar-refractivity contribution in [2.75, 3.05) is 0 Å². The lowest BCUT2D eigenvalue weighted by Gasteiger charge is -2.05. The number of aliphatic carboxylic acids is 1. The topological polar surface area (TPSA) is 73.7 Å². The third-order valence-electron chi connectivity index (χ3n) is 1.79. The molecule has 0 atom stereocenters. The van der Waals surface area contributed by atoms with E-state index in [4.69, 9.17) is 10.6 Å². The maximum atomic E-state index is 12.2. The van der Waals surface area contributed by atoms with Crippen molar-refractivity contribution in [1.29, 1.82) is 0 Å². The lowest BCUT2D eigenvalue weighted by molar-refractivity contribution is -0.137. The molecule has 4 nitrogen and oxygen atoms in total. The summed E-state index contributed by atoms with van der Waals surface area (Å²) in [6.45, 7) is 0. The summed E-state index contributed by atoms with van der Waals surface area (Å²) in [7, 11) is 0. The molecule has 0 saturated heterocycles. The Kier molecular flexibility index (Phi) is 3.10. The van der Waals surface area contributed by atoms with Crippen LogP contribution >= 0.6 is 0 Å². The summed E-state index contributed by atoms with van der Waals surface area (Å²) in [6.07, 6.45) is -4.49. The summed E-state index contributed by atoms with van der Waals surface area (Å²) in [5.74, 6) is -1.53. The van der Waals surface area contributed by atoms with E-state index in [9.17, 15) is 18.0 Å². The van der Waals surface area contributed by atoms with Crippen LogP contribution in [0, 0.1) is 0 Å². The molecule has 0 aromatic heterocycles. The first kappa shape index (κ1) is 11.9. The average Bonchev–Trinajstić information content (AvgIpc) is 2.17. The van der Waals surface area contributed by atoms with Crippen molar-refractivity contribution in [2.45, 2.75) is 6.18 Å². The normalized spacial score (nSPS) is 10.7. The van der Waals surface area contributed by atoms with Crippen molar-refractivity contribution in [2.24, 2.45) is 0 Å². The van der Waals surface area contributed by atoms with Gasteiger partial charge in [-0.15, -0.1) is 0 Å². The van der Waals surface area contributed by atoms with E-state index in [0.717, 1.165) is 12.1 Å². The summed E-state index contributed by atoms with van der Waals surface area (Å²) in [6, 6.07) is 3.27. The van der Waals surface area contributed by atoms with Crippen LogP contribution in [0.1, 0.15) is 11.1 Å². The van der Waals surface area contributed by atoms with E-state index in [1.165, 1.54) is 0 Å². The third kappa shape index (κ3) is 2.46. The number of hydrogen-bond donors (Lipinski definition) is 1. The van der Waals surface area contributed by atoms with Gasteiger partial charge in [0.05, 0.1) is 11.1 Å². The van der Waals surface area contributed by atoms with Crippen molar-refractivity contribution in [3.8, 4) is 0 Å². The lowest BCUT2D eigenvalue weighted by Crippen LogP contribution is -2.16. The quantitative estimate of drug-likeness (QED) is 0.478. The van der Waals surface area contributed by atoms with Gasteiger partial charge in [-0.25, -0.2) is 4.79 Å². The third-order valence-corrected chi connectivity index (χ3v) is 1.79.